The van der Waals surface area contributed by atoms with Gasteiger partial charge in [0.15, 0.2) is 5.78 Å². The second-order valence-corrected chi connectivity index (χ2v) is 5.24. The lowest BCUT2D eigenvalue weighted by molar-refractivity contribution is 0.102. The van der Waals surface area contributed by atoms with Gasteiger partial charge in [0.1, 0.15) is 5.75 Å². The van der Waals surface area contributed by atoms with Crippen molar-refractivity contribution < 1.29 is 18.5 Å². The molecule has 0 radical (unpaired) electrons. The highest BCUT2D eigenvalue weighted by Gasteiger charge is 2.10. The minimum absolute atomic E-state index is 0.0390. The van der Waals surface area contributed by atoms with Gasteiger partial charge in [-0.25, -0.2) is 0 Å². The summed E-state index contributed by atoms with van der Waals surface area (Å²) in [6.07, 6.45) is 0. The Balaban J connectivity index is 2.53. The first kappa shape index (κ1) is 14.9. The summed E-state index contributed by atoms with van der Waals surface area (Å²) in [4.78, 5) is 11.8. The van der Waals surface area contributed by atoms with Crippen LogP contribution in [-0.2, 0) is 15.5 Å². The molecule has 0 amide bonds. The monoisotopic (exact) mass is 270 g/mol. The number of ketones is 1. The average Bonchev–Trinajstić information content (AvgIpc) is 2.37. The van der Waals surface area contributed by atoms with Crippen LogP contribution in [0.25, 0.3) is 0 Å². The standard InChI is InChI=1S/C13H18O4S/c1-3-17-12-6-4-11(5-7-12)13(14)10-18(15)9-8-16-2/h4-7H,3,8-10H2,1-2H3. The molecule has 0 fully saturated rings. The molecule has 0 aliphatic carbocycles. The van der Waals surface area contributed by atoms with Gasteiger partial charge in [0.2, 0.25) is 0 Å². The fraction of sp³-hybridized carbons (Fsp3) is 0.462. The summed E-state index contributed by atoms with van der Waals surface area (Å²) < 4.78 is 21.6. The van der Waals surface area contributed by atoms with E-state index in [1.54, 1.807) is 31.4 Å². The van der Waals surface area contributed by atoms with Gasteiger partial charge in [-0.3, -0.25) is 9.00 Å². The molecule has 100 valence electrons. The lowest BCUT2D eigenvalue weighted by atomic mass is 10.1. The van der Waals surface area contributed by atoms with Crippen molar-refractivity contribution in [1.29, 1.82) is 0 Å². The van der Waals surface area contributed by atoms with Gasteiger partial charge in [-0.2, -0.15) is 0 Å². The largest absolute Gasteiger partial charge is 0.494 e. The quantitative estimate of drug-likeness (QED) is 0.674. The maximum absolute atomic E-state index is 11.8. The van der Waals surface area contributed by atoms with E-state index in [-0.39, 0.29) is 11.5 Å². The smallest absolute Gasteiger partial charge is 0.175 e. The molecule has 0 saturated carbocycles. The fourth-order valence-corrected chi connectivity index (χ4v) is 2.34. The number of benzene rings is 1. The second-order valence-electron chi connectivity index (χ2n) is 3.66. The average molecular weight is 270 g/mol. The van der Waals surface area contributed by atoms with Crippen LogP contribution in [0, 0.1) is 0 Å². The molecule has 0 aliphatic rings. The second kappa shape index (κ2) is 8.00. The molecule has 0 spiro atoms. The number of ether oxygens (including phenoxy) is 2. The van der Waals surface area contributed by atoms with Crippen LogP contribution in [0.4, 0.5) is 0 Å². The van der Waals surface area contributed by atoms with Crippen molar-refractivity contribution in [3.63, 3.8) is 0 Å². The van der Waals surface area contributed by atoms with E-state index in [1.807, 2.05) is 6.92 Å². The first-order valence-electron chi connectivity index (χ1n) is 5.77. The zero-order valence-corrected chi connectivity index (χ0v) is 11.5. The molecule has 0 N–H and O–H groups in total. The molecule has 0 bridgehead atoms. The minimum Gasteiger partial charge on any atom is -0.494 e. The highest BCUT2D eigenvalue weighted by molar-refractivity contribution is 7.85. The van der Waals surface area contributed by atoms with Gasteiger partial charge in [-0.1, -0.05) is 0 Å². The third-order valence-electron chi connectivity index (χ3n) is 2.29. The van der Waals surface area contributed by atoms with Crippen molar-refractivity contribution in [2.75, 3.05) is 31.8 Å². The first-order chi connectivity index (χ1) is 8.67. The molecule has 1 unspecified atom stereocenters. The number of Topliss-reactive ketones (excluding diaryl/α,β-unsaturated/α-hetero) is 1. The van der Waals surface area contributed by atoms with E-state index in [9.17, 15) is 9.00 Å². The number of rotatable bonds is 8. The molecule has 1 rings (SSSR count). The Bertz CT molecular complexity index is 400. The van der Waals surface area contributed by atoms with E-state index in [1.165, 1.54) is 0 Å². The van der Waals surface area contributed by atoms with Crippen LogP contribution >= 0.6 is 0 Å². The molecule has 4 nitrogen and oxygen atoms in total. The van der Waals surface area contributed by atoms with Crippen molar-refractivity contribution in [3.8, 4) is 5.75 Å². The van der Waals surface area contributed by atoms with E-state index in [0.29, 0.717) is 24.5 Å². The van der Waals surface area contributed by atoms with Gasteiger partial charge in [-0.05, 0) is 31.2 Å². The molecule has 18 heavy (non-hydrogen) atoms. The number of carbonyl (C=O) groups excluding carboxylic acids is 1. The molecule has 0 aromatic heterocycles. The Hall–Kier alpha value is -1.20. The lowest BCUT2D eigenvalue weighted by Crippen LogP contribution is -2.15. The summed E-state index contributed by atoms with van der Waals surface area (Å²) >= 11 is 0. The topological polar surface area (TPSA) is 52.6 Å². The van der Waals surface area contributed by atoms with E-state index < -0.39 is 10.8 Å². The highest BCUT2D eigenvalue weighted by atomic mass is 32.2. The molecule has 0 heterocycles. The molecule has 0 saturated heterocycles. The predicted octanol–water partition coefficient (Wildman–Crippen LogP) is 1.66. The Morgan fingerprint density at radius 2 is 1.94 bits per heavy atom. The van der Waals surface area contributed by atoms with Crippen LogP contribution < -0.4 is 4.74 Å². The summed E-state index contributed by atoms with van der Waals surface area (Å²) in [5.41, 5.74) is 0.559. The summed E-state index contributed by atoms with van der Waals surface area (Å²) in [6.45, 7) is 2.90. The molecular weight excluding hydrogens is 252 g/mol. The van der Waals surface area contributed by atoms with Gasteiger partial charge in [0, 0.05) is 29.2 Å². The Morgan fingerprint density at radius 3 is 2.50 bits per heavy atom. The Labute approximate surface area is 110 Å². The maximum Gasteiger partial charge on any atom is 0.175 e. The molecule has 0 aliphatic heterocycles. The summed E-state index contributed by atoms with van der Waals surface area (Å²) in [5, 5.41) is 0. The normalized spacial score (nSPS) is 12.1. The zero-order valence-electron chi connectivity index (χ0n) is 10.7. The van der Waals surface area contributed by atoms with Gasteiger partial charge >= 0.3 is 0 Å². The van der Waals surface area contributed by atoms with Gasteiger partial charge in [-0.15, -0.1) is 0 Å². The van der Waals surface area contributed by atoms with E-state index in [2.05, 4.69) is 0 Å². The molecular formula is C13H18O4S. The third kappa shape index (κ3) is 4.98. The SMILES string of the molecule is CCOc1ccc(C(=O)CS(=O)CCOC)cc1. The predicted molar refractivity (Wildman–Crippen MR) is 71.7 cm³/mol. The van der Waals surface area contributed by atoms with Crippen molar-refractivity contribution >= 4 is 16.6 Å². The lowest BCUT2D eigenvalue weighted by Gasteiger charge is -2.04. The van der Waals surface area contributed by atoms with Crippen LogP contribution in [0.5, 0.6) is 5.75 Å². The van der Waals surface area contributed by atoms with E-state index >= 15 is 0 Å². The first-order valence-corrected chi connectivity index (χ1v) is 7.26. The van der Waals surface area contributed by atoms with E-state index in [4.69, 9.17) is 9.47 Å². The van der Waals surface area contributed by atoms with Crippen molar-refractivity contribution in [2.24, 2.45) is 0 Å². The molecule has 5 heteroatoms. The van der Waals surface area contributed by atoms with Gasteiger partial charge in [0.25, 0.3) is 0 Å². The minimum atomic E-state index is -1.17. The molecule has 1 aromatic carbocycles. The number of carbonyl (C=O) groups is 1. The summed E-state index contributed by atoms with van der Waals surface area (Å²) in [6, 6.07) is 6.88. The Morgan fingerprint density at radius 1 is 1.28 bits per heavy atom. The van der Waals surface area contributed by atoms with Crippen molar-refractivity contribution in [3.05, 3.63) is 29.8 Å². The van der Waals surface area contributed by atoms with Gasteiger partial charge < -0.3 is 9.47 Å². The van der Waals surface area contributed by atoms with Crippen LogP contribution in [0.2, 0.25) is 0 Å². The van der Waals surface area contributed by atoms with Crippen molar-refractivity contribution in [2.45, 2.75) is 6.92 Å². The maximum atomic E-state index is 11.8. The number of hydrogen-bond acceptors (Lipinski definition) is 4. The van der Waals surface area contributed by atoms with Crippen LogP contribution in [0.3, 0.4) is 0 Å². The van der Waals surface area contributed by atoms with Crippen LogP contribution in [-0.4, -0.2) is 41.8 Å². The van der Waals surface area contributed by atoms with Crippen LogP contribution in [0.15, 0.2) is 24.3 Å². The Kier molecular flexibility index (Phi) is 6.60. The summed E-state index contributed by atoms with van der Waals surface area (Å²) in [7, 11) is 0.382. The molecule has 1 aromatic rings. The van der Waals surface area contributed by atoms with E-state index in [0.717, 1.165) is 5.75 Å². The van der Waals surface area contributed by atoms with Crippen LogP contribution in [0.1, 0.15) is 17.3 Å². The van der Waals surface area contributed by atoms with Gasteiger partial charge in [0.05, 0.1) is 19.0 Å². The molecule has 1 atom stereocenters. The fourth-order valence-electron chi connectivity index (χ4n) is 1.38. The number of hydrogen-bond donors (Lipinski definition) is 0. The number of methoxy groups -OCH3 is 1. The third-order valence-corrected chi connectivity index (χ3v) is 3.50. The summed E-state index contributed by atoms with van der Waals surface area (Å²) in [5.74, 6) is 1.04. The highest BCUT2D eigenvalue weighted by Crippen LogP contribution is 2.12. The zero-order chi connectivity index (χ0) is 13.4. The van der Waals surface area contributed by atoms with Crippen molar-refractivity contribution in [1.82, 2.24) is 0 Å².